The minimum Gasteiger partial charge on any atom is -0.306 e. The van der Waals surface area contributed by atoms with Crippen molar-refractivity contribution in [3.63, 3.8) is 0 Å². The molecule has 2 heterocycles. The molecule has 0 saturated heterocycles. The van der Waals surface area contributed by atoms with E-state index in [2.05, 4.69) is 12.1 Å². The third kappa shape index (κ3) is 5.76. The van der Waals surface area contributed by atoms with Crippen LogP contribution in [0.25, 0.3) is 60.9 Å². The van der Waals surface area contributed by atoms with Gasteiger partial charge >= 0.3 is 0 Å². The van der Waals surface area contributed by atoms with E-state index in [1.807, 2.05) is 145 Å². The SMILES string of the molecule is CCC#N.N#Cc1cccc2c3cccc(C#N)c3n(-c3cccc4c3C(=O)N(c3c(-c5ccccc5)cc(-c5ccccc5)cc3-c3ccccc3)C4=O)c12. The first-order valence-corrected chi connectivity index (χ1v) is 18.1. The van der Waals surface area contributed by atoms with Crippen molar-refractivity contribution >= 4 is 39.3 Å². The summed E-state index contributed by atoms with van der Waals surface area (Å²) in [4.78, 5) is 31.3. The fourth-order valence-electron chi connectivity index (χ4n) is 7.54. The Hall–Kier alpha value is -8.05. The van der Waals surface area contributed by atoms with Gasteiger partial charge in [-0.05, 0) is 58.7 Å². The van der Waals surface area contributed by atoms with E-state index in [1.54, 1.807) is 30.3 Å². The molecule has 7 heteroatoms. The van der Waals surface area contributed by atoms with Crippen molar-refractivity contribution < 1.29 is 9.59 Å². The molecule has 9 rings (SSSR count). The monoisotopic (exact) mass is 721 g/mol. The molecule has 8 aromatic rings. The molecule has 7 aromatic carbocycles. The van der Waals surface area contributed by atoms with Crippen LogP contribution in [0.1, 0.15) is 45.2 Å². The summed E-state index contributed by atoms with van der Waals surface area (Å²) in [6.45, 7) is 1.82. The van der Waals surface area contributed by atoms with E-state index >= 15 is 4.79 Å². The number of anilines is 1. The van der Waals surface area contributed by atoms with Crippen LogP contribution in [0.4, 0.5) is 5.69 Å². The van der Waals surface area contributed by atoms with Gasteiger partial charge in [0.15, 0.2) is 0 Å². The number of aromatic nitrogens is 1. The summed E-state index contributed by atoms with van der Waals surface area (Å²) in [5, 5.41) is 29.7. The zero-order valence-electron chi connectivity index (χ0n) is 30.3. The molecule has 0 radical (unpaired) electrons. The maximum atomic E-state index is 15.2. The first-order chi connectivity index (χ1) is 27.5. The third-order valence-corrected chi connectivity index (χ3v) is 9.95. The van der Waals surface area contributed by atoms with Crippen LogP contribution in [0, 0.1) is 34.0 Å². The fourth-order valence-corrected chi connectivity index (χ4v) is 7.54. The first-order valence-electron chi connectivity index (χ1n) is 18.1. The maximum absolute atomic E-state index is 15.2. The number of carbonyl (C=O) groups is 2. The molecular weight excluding hydrogens is 691 g/mol. The van der Waals surface area contributed by atoms with Gasteiger partial charge in [-0.25, -0.2) is 4.90 Å². The lowest BCUT2D eigenvalue weighted by Gasteiger charge is -2.24. The number of hydrogen-bond donors (Lipinski definition) is 0. The van der Waals surface area contributed by atoms with Crippen molar-refractivity contribution in [1.29, 1.82) is 15.8 Å². The molecule has 0 N–H and O–H groups in total. The van der Waals surface area contributed by atoms with Gasteiger partial charge in [-0.2, -0.15) is 15.8 Å². The molecule has 0 bridgehead atoms. The Morgan fingerprint density at radius 3 is 1.43 bits per heavy atom. The summed E-state index contributed by atoms with van der Waals surface area (Å²) in [5.74, 6) is -0.943. The highest BCUT2D eigenvalue weighted by atomic mass is 16.2. The van der Waals surface area contributed by atoms with Gasteiger partial charge in [-0.3, -0.25) is 9.59 Å². The van der Waals surface area contributed by atoms with Crippen molar-refractivity contribution in [1.82, 2.24) is 4.57 Å². The molecule has 1 aliphatic rings. The lowest BCUT2D eigenvalue weighted by molar-refractivity contribution is 0.0926. The molecule has 1 aliphatic heterocycles. The molecule has 0 atom stereocenters. The molecule has 0 saturated carbocycles. The van der Waals surface area contributed by atoms with Gasteiger partial charge in [0.1, 0.15) is 12.1 Å². The molecule has 0 fully saturated rings. The van der Waals surface area contributed by atoms with Crippen LogP contribution in [-0.4, -0.2) is 16.4 Å². The Morgan fingerprint density at radius 1 is 0.500 bits per heavy atom. The Morgan fingerprint density at radius 2 is 0.964 bits per heavy atom. The van der Waals surface area contributed by atoms with Gasteiger partial charge in [-0.15, -0.1) is 0 Å². The van der Waals surface area contributed by atoms with Crippen LogP contribution in [0.2, 0.25) is 0 Å². The van der Waals surface area contributed by atoms with E-state index in [4.69, 9.17) is 5.26 Å². The summed E-state index contributed by atoms with van der Waals surface area (Å²) in [5.41, 5.74) is 8.36. The molecule has 264 valence electrons. The molecule has 0 aliphatic carbocycles. The Kier molecular flexibility index (Phi) is 9.23. The van der Waals surface area contributed by atoms with Crippen LogP contribution >= 0.6 is 0 Å². The van der Waals surface area contributed by atoms with E-state index in [1.165, 1.54) is 4.90 Å². The van der Waals surface area contributed by atoms with Crippen LogP contribution in [0.5, 0.6) is 0 Å². The quantitative estimate of drug-likeness (QED) is 0.164. The molecule has 0 spiro atoms. The summed E-state index contributed by atoms with van der Waals surface area (Å²) < 4.78 is 1.81. The number of nitrogens with zero attached hydrogens (tertiary/aromatic N) is 5. The summed E-state index contributed by atoms with van der Waals surface area (Å²) in [6, 6.07) is 56.3. The predicted octanol–water partition coefficient (Wildman–Crippen LogP) is 11.2. The number of benzene rings is 7. The third-order valence-electron chi connectivity index (χ3n) is 9.95. The lowest BCUT2D eigenvalue weighted by atomic mass is 9.90. The largest absolute Gasteiger partial charge is 0.306 e. The van der Waals surface area contributed by atoms with Gasteiger partial charge in [0, 0.05) is 28.3 Å². The highest BCUT2D eigenvalue weighted by Crippen LogP contribution is 2.47. The lowest BCUT2D eigenvalue weighted by Crippen LogP contribution is -2.30. The van der Waals surface area contributed by atoms with Crippen molar-refractivity contribution in [2.24, 2.45) is 0 Å². The topological polar surface area (TPSA) is 114 Å². The molecule has 56 heavy (non-hydrogen) atoms. The maximum Gasteiger partial charge on any atom is 0.268 e. The van der Waals surface area contributed by atoms with E-state index in [0.29, 0.717) is 40.0 Å². The number of para-hydroxylation sites is 2. The number of hydrogen-bond acceptors (Lipinski definition) is 5. The number of nitriles is 3. The van der Waals surface area contributed by atoms with Crippen LogP contribution in [0.15, 0.2) is 158 Å². The van der Waals surface area contributed by atoms with Crippen LogP contribution in [-0.2, 0) is 0 Å². The second kappa shape index (κ2) is 14.8. The van der Waals surface area contributed by atoms with Crippen LogP contribution < -0.4 is 4.90 Å². The predicted molar refractivity (Wildman–Crippen MR) is 220 cm³/mol. The highest BCUT2D eigenvalue weighted by Gasteiger charge is 2.42. The Bertz CT molecular complexity index is 2830. The Labute approximate surface area is 323 Å². The molecule has 7 nitrogen and oxygen atoms in total. The van der Waals surface area contributed by atoms with Gasteiger partial charge in [0.05, 0.1) is 50.7 Å². The van der Waals surface area contributed by atoms with Crippen molar-refractivity contribution in [2.75, 3.05) is 4.90 Å². The van der Waals surface area contributed by atoms with E-state index < -0.39 is 11.8 Å². The zero-order valence-corrected chi connectivity index (χ0v) is 30.3. The van der Waals surface area contributed by atoms with E-state index in [-0.39, 0.29) is 11.1 Å². The minimum atomic E-state index is -0.490. The fraction of sp³-hybridized carbons (Fsp3) is 0.0408. The first kappa shape index (κ1) is 35.0. The average molecular weight is 722 g/mol. The summed E-state index contributed by atoms with van der Waals surface area (Å²) in [6.07, 6.45) is 0.625. The van der Waals surface area contributed by atoms with Gasteiger partial charge in [0.25, 0.3) is 11.8 Å². The molecule has 1 aromatic heterocycles. The van der Waals surface area contributed by atoms with Gasteiger partial charge < -0.3 is 4.57 Å². The highest BCUT2D eigenvalue weighted by molar-refractivity contribution is 6.37. The second-order valence-corrected chi connectivity index (χ2v) is 13.1. The summed E-state index contributed by atoms with van der Waals surface area (Å²) >= 11 is 0. The summed E-state index contributed by atoms with van der Waals surface area (Å²) in [7, 11) is 0. The second-order valence-electron chi connectivity index (χ2n) is 13.1. The van der Waals surface area contributed by atoms with Crippen molar-refractivity contribution in [2.45, 2.75) is 13.3 Å². The van der Waals surface area contributed by atoms with Crippen molar-refractivity contribution in [3.05, 3.63) is 180 Å². The van der Waals surface area contributed by atoms with Gasteiger partial charge in [-0.1, -0.05) is 128 Å². The number of rotatable bonds is 5. The molecule has 0 unspecified atom stereocenters. The van der Waals surface area contributed by atoms with E-state index in [0.717, 1.165) is 44.2 Å². The average Bonchev–Trinajstić information content (AvgIpc) is 3.74. The smallest absolute Gasteiger partial charge is 0.268 e. The molecular formula is C49H31N5O2. The van der Waals surface area contributed by atoms with Crippen molar-refractivity contribution in [3.8, 4) is 57.3 Å². The standard InChI is InChI=1S/C46H26N4O2.C3H5N/c47-27-32-19-10-21-35-36-22-11-20-33(28-48)43(36)49(42(32)35)40-24-12-23-37-41(40)46(52)50(45(37)51)44-38(30-15-6-2-7-16-30)25-34(29-13-4-1-5-14-29)26-39(44)31-17-8-3-9-18-31;1-2-3-4/h1-26H;2H2,1H3. The molecule has 2 amide bonds. The minimum absolute atomic E-state index is 0.206. The van der Waals surface area contributed by atoms with Crippen LogP contribution in [0.3, 0.4) is 0 Å². The van der Waals surface area contributed by atoms with Gasteiger partial charge in [0.2, 0.25) is 0 Å². The Balaban J connectivity index is 0.00000105. The normalized spacial score (nSPS) is 11.7. The number of fused-ring (bicyclic) bond motifs is 4. The number of imide groups is 1. The van der Waals surface area contributed by atoms with E-state index in [9.17, 15) is 15.3 Å². The number of carbonyl (C=O) groups excluding carboxylic acids is 2. The zero-order chi connectivity index (χ0) is 38.8. The number of amides is 2.